The summed E-state index contributed by atoms with van der Waals surface area (Å²) in [5.74, 6) is 0.586. The maximum Gasteiger partial charge on any atom is 3.00 e. The zero-order chi connectivity index (χ0) is 24.5. The van der Waals surface area contributed by atoms with Crippen molar-refractivity contribution in [3.8, 4) is 16.9 Å². The van der Waals surface area contributed by atoms with Gasteiger partial charge in [-0.25, -0.2) is 0 Å². The molecule has 6 aromatic rings. The predicted molar refractivity (Wildman–Crippen MR) is 146 cm³/mol. The minimum absolute atomic E-state index is 0. The van der Waals surface area contributed by atoms with Crippen molar-refractivity contribution in [3.05, 3.63) is 116 Å². The summed E-state index contributed by atoms with van der Waals surface area (Å²) in [6, 6.07) is 37.7. The molecule has 0 aliphatic carbocycles. The summed E-state index contributed by atoms with van der Waals surface area (Å²) in [5.41, 5.74) is 5.63. The summed E-state index contributed by atoms with van der Waals surface area (Å²) in [6.07, 6.45) is 5.36. The number of rotatable bonds is 3. The van der Waals surface area contributed by atoms with Gasteiger partial charge >= 0.3 is 20.1 Å². The Morgan fingerprint density at radius 1 is 0.919 bits per heavy atom. The number of hydrogen-bond acceptors (Lipinski definition) is 2. The van der Waals surface area contributed by atoms with Gasteiger partial charge in [0.2, 0.25) is 6.33 Å². The van der Waals surface area contributed by atoms with Gasteiger partial charge in [0.1, 0.15) is 0 Å². The smallest absolute Gasteiger partial charge is 0.334 e. The molecule has 0 bridgehead atoms. The third kappa shape index (κ3) is 5.13. The van der Waals surface area contributed by atoms with Gasteiger partial charge in [0, 0.05) is 11.1 Å². The van der Waals surface area contributed by atoms with Crippen LogP contribution in [0.2, 0.25) is 0 Å². The van der Waals surface area contributed by atoms with Crippen LogP contribution in [0.1, 0.15) is 13.8 Å². The Hall–Kier alpha value is -3.24. The average Bonchev–Trinajstić information content (AvgIpc) is 3.28. The summed E-state index contributed by atoms with van der Waals surface area (Å²) in [4.78, 5) is 6.76. The van der Waals surface area contributed by atoms with Gasteiger partial charge in [-0.2, -0.15) is 11.8 Å². The van der Waals surface area contributed by atoms with Crippen LogP contribution in [0.5, 0.6) is 0 Å². The Balaban J connectivity index is 0.000000183. The maximum absolute atomic E-state index is 4.22. The minimum atomic E-state index is 0. The third-order valence-electron chi connectivity index (χ3n) is 6.09. The van der Waals surface area contributed by atoms with Crippen molar-refractivity contribution in [1.82, 2.24) is 9.55 Å². The molecule has 2 aromatic heterocycles. The number of fused-ring (bicyclic) bond motifs is 3. The topological polar surface area (TPSA) is 21.7 Å². The Bertz CT molecular complexity index is 1620. The SMILES string of the molecule is CC(C)Cn1[c-][n+]2c3c(cccc31)Sc1cc3ccccc3[c-]c1-2.[Ir+3].[c-]1ccccc1-c1ccccn1. The van der Waals surface area contributed by atoms with Crippen molar-refractivity contribution >= 4 is 33.6 Å². The van der Waals surface area contributed by atoms with Crippen LogP contribution in [0.15, 0.2) is 107 Å². The number of benzene rings is 4. The number of para-hydroxylation sites is 1. The van der Waals surface area contributed by atoms with Crippen LogP contribution in [-0.4, -0.2) is 9.55 Å². The van der Waals surface area contributed by atoms with E-state index in [4.69, 9.17) is 0 Å². The molecule has 4 aromatic carbocycles. The third-order valence-corrected chi connectivity index (χ3v) is 7.17. The van der Waals surface area contributed by atoms with Gasteiger partial charge in [0.25, 0.3) is 0 Å². The number of pyridine rings is 1. The van der Waals surface area contributed by atoms with Crippen molar-refractivity contribution in [2.75, 3.05) is 0 Å². The molecule has 3 nitrogen and oxygen atoms in total. The molecule has 0 N–H and O–H groups in total. The van der Waals surface area contributed by atoms with Crippen LogP contribution >= 0.6 is 11.8 Å². The first kappa shape index (κ1) is 25.4. The second kappa shape index (κ2) is 11.0. The van der Waals surface area contributed by atoms with E-state index >= 15 is 0 Å². The fourth-order valence-electron chi connectivity index (χ4n) is 4.50. The summed E-state index contributed by atoms with van der Waals surface area (Å²) < 4.78 is 4.45. The molecule has 5 heteroatoms. The predicted octanol–water partition coefficient (Wildman–Crippen LogP) is 7.34. The first-order valence-electron chi connectivity index (χ1n) is 12.2. The quantitative estimate of drug-likeness (QED) is 0.145. The van der Waals surface area contributed by atoms with Gasteiger partial charge in [-0.05, 0) is 23.4 Å². The number of nitrogens with zero attached hydrogens (tertiary/aromatic N) is 3. The molecule has 182 valence electrons. The second-order valence-corrected chi connectivity index (χ2v) is 10.3. The van der Waals surface area contributed by atoms with Crippen molar-refractivity contribution in [1.29, 1.82) is 0 Å². The molecule has 0 saturated carbocycles. The van der Waals surface area contributed by atoms with E-state index in [0.29, 0.717) is 5.92 Å². The van der Waals surface area contributed by atoms with Gasteiger partial charge in [-0.1, -0.05) is 61.2 Å². The molecular weight excluding hydrogens is 651 g/mol. The Morgan fingerprint density at radius 3 is 2.54 bits per heavy atom. The Kier molecular flexibility index (Phi) is 7.57. The molecule has 7 rings (SSSR count). The number of aromatic nitrogens is 3. The molecule has 0 radical (unpaired) electrons. The maximum atomic E-state index is 4.22. The van der Waals surface area contributed by atoms with E-state index in [1.807, 2.05) is 54.2 Å². The normalized spacial score (nSPS) is 11.5. The molecule has 1 aliphatic rings. The van der Waals surface area contributed by atoms with Gasteiger partial charge in [0.05, 0.1) is 17.6 Å². The molecule has 0 spiro atoms. The van der Waals surface area contributed by atoms with E-state index in [-0.39, 0.29) is 20.1 Å². The monoisotopic (exact) mass is 676 g/mol. The molecule has 0 amide bonds. The van der Waals surface area contributed by atoms with Crippen molar-refractivity contribution in [2.45, 2.75) is 30.2 Å². The average molecular weight is 676 g/mol. The number of imidazole rings is 1. The molecule has 0 fully saturated rings. The minimum Gasteiger partial charge on any atom is -0.334 e. The molecule has 0 atom stereocenters. The van der Waals surface area contributed by atoms with Crippen LogP contribution in [0.4, 0.5) is 0 Å². The van der Waals surface area contributed by atoms with Gasteiger partial charge in [-0.15, -0.1) is 70.9 Å². The molecular formula is C32H25IrN3S+. The van der Waals surface area contributed by atoms with E-state index in [1.165, 1.54) is 26.2 Å². The standard InChI is InChI=1S/C21H17N2S.C11H8N.Ir/c1-14(2)12-22-13-23-18-10-15-6-3-4-7-16(15)11-20(18)24-19-9-5-8-17(22)21(19)23;1-2-6-10(7-3-1)11-8-4-5-9-12-11;/h3-9,11,14H,12H2,1-2H3;1-6,8-9H;/q2*-1;+3. The van der Waals surface area contributed by atoms with E-state index < -0.39 is 0 Å². The molecule has 1 aliphatic heterocycles. The van der Waals surface area contributed by atoms with E-state index in [2.05, 4.69) is 95.0 Å². The fraction of sp³-hybridized carbons (Fsp3) is 0.125. The molecule has 3 heterocycles. The van der Waals surface area contributed by atoms with Crippen LogP contribution in [0, 0.1) is 24.4 Å². The van der Waals surface area contributed by atoms with E-state index in [1.54, 1.807) is 6.20 Å². The fourth-order valence-corrected chi connectivity index (χ4v) is 5.60. The largest absolute Gasteiger partial charge is 3.00 e. The van der Waals surface area contributed by atoms with Crippen molar-refractivity contribution in [2.24, 2.45) is 5.92 Å². The summed E-state index contributed by atoms with van der Waals surface area (Å²) >= 11 is 1.84. The van der Waals surface area contributed by atoms with Gasteiger partial charge in [0.15, 0.2) is 0 Å². The zero-order valence-electron chi connectivity index (χ0n) is 20.6. The second-order valence-electron chi connectivity index (χ2n) is 9.23. The van der Waals surface area contributed by atoms with Crippen LogP contribution in [-0.2, 0) is 26.7 Å². The summed E-state index contributed by atoms with van der Waals surface area (Å²) in [6.45, 7) is 5.46. The first-order valence-corrected chi connectivity index (χ1v) is 13.0. The zero-order valence-corrected chi connectivity index (χ0v) is 23.8. The van der Waals surface area contributed by atoms with E-state index in [9.17, 15) is 0 Å². The van der Waals surface area contributed by atoms with Gasteiger partial charge < -0.3 is 14.1 Å². The van der Waals surface area contributed by atoms with Crippen LogP contribution in [0.3, 0.4) is 0 Å². The van der Waals surface area contributed by atoms with Crippen molar-refractivity contribution in [3.63, 3.8) is 0 Å². The number of hydrogen-bond donors (Lipinski definition) is 0. The van der Waals surface area contributed by atoms with Crippen molar-refractivity contribution < 1.29 is 24.7 Å². The molecule has 0 saturated heterocycles. The van der Waals surface area contributed by atoms with Crippen LogP contribution < -0.4 is 4.57 Å². The van der Waals surface area contributed by atoms with Crippen LogP contribution in [0.25, 0.3) is 38.8 Å². The molecule has 37 heavy (non-hydrogen) atoms. The first-order chi connectivity index (χ1) is 17.7. The molecule has 0 unspecified atom stereocenters. The van der Waals surface area contributed by atoms with E-state index in [0.717, 1.165) is 28.9 Å². The summed E-state index contributed by atoms with van der Waals surface area (Å²) in [7, 11) is 0. The Morgan fingerprint density at radius 2 is 1.76 bits per heavy atom. The van der Waals surface area contributed by atoms with Gasteiger partial charge in [-0.3, -0.25) is 0 Å². The Labute approximate surface area is 235 Å². The summed E-state index contributed by atoms with van der Waals surface area (Å²) in [5, 5.41) is 2.39.